The third kappa shape index (κ3) is 1.80. The fraction of sp³-hybridized carbons (Fsp3) is 0.118. The summed E-state index contributed by atoms with van der Waals surface area (Å²) in [5, 5.41) is 4.33. The molecule has 2 aromatic heterocycles. The second kappa shape index (κ2) is 4.38. The van der Waals surface area contributed by atoms with Crippen LogP contribution in [0.1, 0.15) is 5.69 Å². The number of hydrogen-bond donors (Lipinski definition) is 0. The maximum atomic E-state index is 4.80. The lowest BCUT2D eigenvalue weighted by Crippen LogP contribution is -1.94. The molecular weight excluding hydrogens is 260 g/mol. The molecule has 0 amide bonds. The second-order valence-electron chi connectivity index (χ2n) is 5.15. The van der Waals surface area contributed by atoms with Gasteiger partial charge in [0.15, 0.2) is 0 Å². The monoisotopic (exact) mass is 274 g/mol. The summed E-state index contributed by atoms with van der Waals surface area (Å²) in [7, 11) is 1.95. The van der Waals surface area contributed by atoms with Gasteiger partial charge in [0, 0.05) is 23.9 Å². The van der Waals surface area contributed by atoms with Crippen LogP contribution in [-0.4, -0.2) is 19.7 Å². The number of benzene rings is 2. The average molecular weight is 274 g/mol. The van der Waals surface area contributed by atoms with Crippen LogP contribution >= 0.6 is 0 Å². The molecule has 0 unspecified atom stereocenters. The van der Waals surface area contributed by atoms with Crippen molar-refractivity contribution in [3.63, 3.8) is 0 Å². The molecule has 21 heavy (non-hydrogen) atoms. The zero-order chi connectivity index (χ0) is 14.4. The summed E-state index contributed by atoms with van der Waals surface area (Å²) in [6, 6.07) is 14.1. The van der Waals surface area contributed by atoms with E-state index >= 15 is 0 Å². The molecule has 2 aromatic carbocycles. The lowest BCUT2D eigenvalue weighted by Gasteiger charge is -2.06. The van der Waals surface area contributed by atoms with Crippen molar-refractivity contribution in [1.82, 2.24) is 19.7 Å². The van der Waals surface area contributed by atoms with Crippen LogP contribution in [0.5, 0.6) is 0 Å². The maximum Gasteiger partial charge on any atom is 0.0974 e. The molecule has 0 bridgehead atoms. The van der Waals surface area contributed by atoms with Gasteiger partial charge in [-0.2, -0.15) is 5.10 Å². The smallest absolute Gasteiger partial charge is 0.0974 e. The molecule has 0 aliphatic carbocycles. The normalized spacial score (nSPS) is 11.3. The number of hydrogen-bond acceptors (Lipinski definition) is 3. The zero-order valence-corrected chi connectivity index (χ0v) is 11.9. The van der Waals surface area contributed by atoms with Gasteiger partial charge in [0.1, 0.15) is 0 Å². The van der Waals surface area contributed by atoms with Gasteiger partial charge in [-0.3, -0.25) is 4.68 Å². The quantitative estimate of drug-likeness (QED) is 0.499. The number of nitrogens with zero attached hydrogens (tertiary/aromatic N) is 4. The van der Waals surface area contributed by atoms with Gasteiger partial charge < -0.3 is 0 Å². The first-order valence-electron chi connectivity index (χ1n) is 6.88. The fourth-order valence-electron chi connectivity index (χ4n) is 2.62. The van der Waals surface area contributed by atoms with Crippen molar-refractivity contribution in [1.29, 1.82) is 0 Å². The van der Waals surface area contributed by atoms with Gasteiger partial charge in [0.2, 0.25) is 0 Å². The number of aromatic nitrogens is 4. The van der Waals surface area contributed by atoms with Crippen LogP contribution < -0.4 is 0 Å². The van der Waals surface area contributed by atoms with E-state index in [0.717, 1.165) is 38.9 Å². The van der Waals surface area contributed by atoms with Crippen LogP contribution in [0.4, 0.5) is 0 Å². The molecule has 2 heterocycles. The topological polar surface area (TPSA) is 43.6 Å². The maximum absolute atomic E-state index is 4.80. The number of rotatable bonds is 1. The summed E-state index contributed by atoms with van der Waals surface area (Å²) in [4.78, 5) is 9.52. The molecule has 4 aromatic rings. The third-order valence-electron chi connectivity index (χ3n) is 3.90. The molecule has 4 nitrogen and oxygen atoms in total. The van der Waals surface area contributed by atoms with Gasteiger partial charge in [-0.15, -0.1) is 0 Å². The Kier molecular flexibility index (Phi) is 2.51. The van der Waals surface area contributed by atoms with Crippen molar-refractivity contribution in [2.45, 2.75) is 6.92 Å². The Labute approximate surface area is 122 Å². The minimum absolute atomic E-state index is 0.912. The largest absolute Gasteiger partial charge is 0.272 e. The summed E-state index contributed by atoms with van der Waals surface area (Å²) < 4.78 is 1.88. The SMILES string of the molecule is Cc1c(-c2cccc3nc4ccccc4nc23)cnn1C. The van der Waals surface area contributed by atoms with Crippen molar-refractivity contribution in [3.8, 4) is 11.1 Å². The first-order valence-corrected chi connectivity index (χ1v) is 6.88. The summed E-state index contributed by atoms with van der Waals surface area (Å²) in [6.07, 6.45) is 1.89. The number of fused-ring (bicyclic) bond motifs is 2. The van der Waals surface area contributed by atoms with Gasteiger partial charge in [-0.1, -0.05) is 24.3 Å². The van der Waals surface area contributed by atoms with Gasteiger partial charge >= 0.3 is 0 Å². The van der Waals surface area contributed by atoms with Gasteiger partial charge in [0.05, 0.1) is 28.3 Å². The third-order valence-corrected chi connectivity index (χ3v) is 3.90. The summed E-state index contributed by atoms with van der Waals surface area (Å²) in [5.74, 6) is 0. The molecule has 0 aliphatic rings. The Morgan fingerprint density at radius 3 is 2.24 bits per heavy atom. The van der Waals surface area contributed by atoms with Crippen LogP contribution in [0.15, 0.2) is 48.7 Å². The number of aryl methyl sites for hydroxylation is 1. The molecule has 4 heteroatoms. The van der Waals surface area contributed by atoms with E-state index in [9.17, 15) is 0 Å². The first kappa shape index (κ1) is 12.0. The molecule has 0 saturated carbocycles. The van der Waals surface area contributed by atoms with E-state index in [2.05, 4.69) is 18.1 Å². The molecule has 0 atom stereocenters. The Balaban J connectivity index is 2.10. The van der Waals surface area contributed by atoms with Crippen molar-refractivity contribution < 1.29 is 0 Å². The second-order valence-corrected chi connectivity index (χ2v) is 5.15. The minimum Gasteiger partial charge on any atom is -0.272 e. The highest BCUT2D eigenvalue weighted by atomic mass is 15.3. The van der Waals surface area contributed by atoms with Crippen molar-refractivity contribution in [2.75, 3.05) is 0 Å². The predicted molar refractivity (Wildman–Crippen MR) is 84.0 cm³/mol. The van der Waals surface area contributed by atoms with Crippen LogP contribution in [0.3, 0.4) is 0 Å². The molecule has 0 saturated heterocycles. The van der Waals surface area contributed by atoms with Crippen molar-refractivity contribution in [3.05, 3.63) is 54.4 Å². The highest BCUT2D eigenvalue weighted by Crippen LogP contribution is 2.29. The van der Waals surface area contributed by atoms with E-state index in [1.165, 1.54) is 0 Å². The molecule has 0 fully saturated rings. The van der Waals surface area contributed by atoms with E-state index in [0.29, 0.717) is 0 Å². The van der Waals surface area contributed by atoms with Gasteiger partial charge in [0.25, 0.3) is 0 Å². The Bertz CT molecular complexity index is 969. The summed E-state index contributed by atoms with van der Waals surface area (Å²) in [5.41, 5.74) is 6.98. The molecule has 0 N–H and O–H groups in total. The predicted octanol–water partition coefficient (Wildman–Crippen LogP) is 3.49. The van der Waals surface area contributed by atoms with E-state index in [4.69, 9.17) is 9.97 Å². The molecule has 4 rings (SSSR count). The Morgan fingerprint density at radius 2 is 1.52 bits per heavy atom. The molecular formula is C17H14N4. The van der Waals surface area contributed by atoms with Crippen LogP contribution in [0.25, 0.3) is 33.2 Å². The minimum atomic E-state index is 0.912. The zero-order valence-electron chi connectivity index (χ0n) is 11.9. The summed E-state index contributed by atoms with van der Waals surface area (Å²) >= 11 is 0. The van der Waals surface area contributed by atoms with E-state index in [1.54, 1.807) is 0 Å². The standard InChI is InChI=1S/C17H14N4/c1-11-13(10-18-21(11)2)12-6-5-9-16-17(12)20-15-8-4-3-7-14(15)19-16/h3-10H,1-2H3. The molecule has 102 valence electrons. The molecule has 0 aliphatic heterocycles. The lowest BCUT2D eigenvalue weighted by atomic mass is 10.0. The van der Waals surface area contributed by atoms with Crippen LogP contribution in [-0.2, 0) is 7.05 Å². The lowest BCUT2D eigenvalue weighted by molar-refractivity contribution is 0.740. The van der Waals surface area contributed by atoms with E-state index in [-0.39, 0.29) is 0 Å². The van der Waals surface area contributed by atoms with Crippen LogP contribution in [0, 0.1) is 6.92 Å². The number of para-hydroxylation sites is 3. The highest BCUT2D eigenvalue weighted by molar-refractivity contribution is 5.96. The summed E-state index contributed by atoms with van der Waals surface area (Å²) in [6.45, 7) is 2.07. The van der Waals surface area contributed by atoms with Crippen LogP contribution in [0.2, 0.25) is 0 Å². The first-order chi connectivity index (χ1) is 10.2. The van der Waals surface area contributed by atoms with Crippen molar-refractivity contribution >= 4 is 22.1 Å². The van der Waals surface area contributed by atoms with E-state index < -0.39 is 0 Å². The highest BCUT2D eigenvalue weighted by Gasteiger charge is 2.12. The van der Waals surface area contributed by atoms with Gasteiger partial charge in [-0.25, -0.2) is 9.97 Å². The van der Waals surface area contributed by atoms with Gasteiger partial charge in [-0.05, 0) is 25.1 Å². The Morgan fingerprint density at radius 1 is 0.810 bits per heavy atom. The average Bonchev–Trinajstić information content (AvgIpc) is 2.84. The van der Waals surface area contributed by atoms with Crippen molar-refractivity contribution in [2.24, 2.45) is 7.05 Å². The Hall–Kier alpha value is -2.75. The van der Waals surface area contributed by atoms with E-state index in [1.807, 2.05) is 54.3 Å². The molecule has 0 spiro atoms. The molecule has 0 radical (unpaired) electrons. The fourth-order valence-corrected chi connectivity index (χ4v) is 2.62.